The van der Waals surface area contributed by atoms with Crippen LogP contribution in [0.4, 0.5) is 0 Å². The average molecular weight is 196 g/mol. The van der Waals surface area contributed by atoms with Crippen LogP contribution in [0.1, 0.15) is 46.5 Å². The van der Waals surface area contributed by atoms with E-state index in [9.17, 15) is 0 Å². The highest BCUT2D eigenvalue weighted by Crippen LogP contribution is 2.20. The standard InChI is InChI=1S/C12H24N2/c1-5-10(2)9-13-14-11(3)7-6-8-12(14)4/h11-13H,2,5-9H2,1,3-4H3. The summed E-state index contributed by atoms with van der Waals surface area (Å²) in [5, 5.41) is 2.41. The molecule has 1 heterocycles. The van der Waals surface area contributed by atoms with E-state index in [0.717, 1.165) is 13.0 Å². The van der Waals surface area contributed by atoms with Crippen molar-refractivity contribution >= 4 is 0 Å². The van der Waals surface area contributed by atoms with Crippen molar-refractivity contribution in [1.82, 2.24) is 10.4 Å². The Morgan fingerprint density at radius 2 is 1.93 bits per heavy atom. The molecule has 0 radical (unpaired) electrons. The number of hydrogen-bond donors (Lipinski definition) is 1. The molecule has 0 aromatic carbocycles. The lowest BCUT2D eigenvalue weighted by Gasteiger charge is -2.39. The number of hydrogen-bond acceptors (Lipinski definition) is 2. The second-order valence-corrected chi connectivity index (χ2v) is 4.47. The van der Waals surface area contributed by atoms with Crippen LogP contribution in [0.3, 0.4) is 0 Å². The first-order chi connectivity index (χ1) is 6.65. The fraction of sp³-hybridized carbons (Fsp3) is 0.833. The van der Waals surface area contributed by atoms with Gasteiger partial charge in [-0.1, -0.05) is 25.5 Å². The van der Waals surface area contributed by atoms with Gasteiger partial charge in [-0.3, -0.25) is 5.43 Å². The smallest absolute Gasteiger partial charge is 0.0310 e. The minimum Gasteiger partial charge on any atom is -0.251 e. The summed E-state index contributed by atoms with van der Waals surface area (Å²) in [6, 6.07) is 1.34. The van der Waals surface area contributed by atoms with E-state index in [1.54, 1.807) is 0 Å². The monoisotopic (exact) mass is 196 g/mol. The summed E-state index contributed by atoms with van der Waals surface area (Å²) in [5.41, 5.74) is 4.79. The third kappa shape index (κ3) is 3.10. The number of nitrogens with one attached hydrogen (secondary N) is 1. The number of nitrogens with zero attached hydrogens (tertiary/aromatic N) is 1. The lowest BCUT2D eigenvalue weighted by atomic mass is 10.00. The van der Waals surface area contributed by atoms with E-state index in [4.69, 9.17) is 0 Å². The Bertz CT molecular complexity index is 179. The fourth-order valence-corrected chi connectivity index (χ4v) is 2.06. The van der Waals surface area contributed by atoms with Gasteiger partial charge in [0.1, 0.15) is 0 Å². The molecule has 0 saturated carbocycles. The molecule has 0 amide bonds. The summed E-state index contributed by atoms with van der Waals surface area (Å²) in [6.07, 6.45) is 5.07. The third-order valence-corrected chi connectivity index (χ3v) is 3.21. The highest BCUT2D eigenvalue weighted by atomic mass is 15.5. The topological polar surface area (TPSA) is 15.3 Å². The zero-order chi connectivity index (χ0) is 10.6. The van der Waals surface area contributed by atoms with Gasteiger partial charge in [0, 0.05) is 18.6 Å². The Hall–Kier alpha value is -0.340. The van der Waals surface area contributed by atoms with Crippen molar-refractivity contribution < 1.29 is 0 Å². The summed E-state index contributed by atoms with van der Waals surface area (Å²) in [7, 11) is 0. The van der Waals surface area contributed by atoms with E-state index in [1.807, 2.05) is 0 Å². The fourth-order valence-electron chi connectivity index (χ4n) is 2.06. The highest BCUT2D eigenvalue weighted by molar-refractivity contribution is 4.95. The van der Waals surface area contributed by atoms with Gasteiger partial charge >= 0.3 is 0 Å². The molecule has 1 saturated heterocycles. The molecular formula is C12H24N2. The number of hydrazine groups is 1. The molecule has 2 nitrogen and oxygen atoms in total. The Balaban J connectivity index is 2.36. The summed E-state index contributed by atoms with van der Waals surface area (Å²) < 4.78 is 0. The normalized spacial score (nSPS) is 29.1. The van der Waals surface area contributed by atoms with Crippen molar-refractivity contribution in [1.29, 1.82) is 0 Å². The number of rotatable bonds is 4. The third-order valence-electron chi connectivity index (χ3n) is 3.21. The van der Waals surface area contributed by atoms with Gasteiger partial charge in [0.05, 0.1) is 0 Å². The van der Waals surface area contributed by atoms with E-state index in [2.05, 4.69) is 37.8 Å². The predicted octanol–water partition coefficient (Wildman–Crippen LogP) is 2.72. The second kappa shape index (κ2) is 5.52. The number of piperidine rings is 1. The summed E-state index contributed by atoms with van der Waals surface area (Å²) >= 11 is 0. The molecule has 2 heteroatoms. The van der Waals surface area contributed by atoms with Gasteiger partial charge in [-0.2, -0.15) is 0 Å². The van der Waals surface area contributed by atoms with Crippen LogP contribution in [0.15, 0.2) is 12.2 Å². The van der Waals surface area contributed by atoms with Crippen LogP contribution in [0.25, 0.3) is 0 Å². The summed E-state index contributed by atoms with van der Waals surface area (Å²) in [4.78, 5) is 0. The van der Waals surface area contributed by atoms with Gasteiger partial charge in [-0.05, 0) is 33.1 Å². The van der Waals surface area contributed by atoms with Gasteiger partial charge in [0.2, 0.25) is 0 Å². The molecular weight excluding hydrogens is 172 g/mol. The van der Waals surface area contributed by atoms with Crippen LogP contribution in [-0.4, -0.2) is 23.6 Å². The zero-order valence-corrected chi connectivity index (χ0v) is 9.84. The first-order valence-corrected chi connectivity index (χ1v) is 5.83. The van der Waals surface area contributed by atoms with Gasteiger partial charge in [-0.25, -0.2) is 5.01 Å². The van der Waals surface area contributed by atoms with Crippen LogP contribution in [-0.2, 0) is 0 Å². The van der Waals surface area contributed by atoms with Crippen LogP contribution in [0, 0.1) is 0 Å². The summed E-state index contributed by atoms with van der Waals surface area (Å²) in [5.74, 6) is 0. The Morgan fingerprint density at radius 1 is 1.36 bits per heavy atom. The average Bonchev–Trinajstić information content (AvgIpc) is 2.16. The maximum absolute atomic E-state index is 4.02. The molecule has 1 aliphatic rings. The van der Waals surface area contributed by atoms with Crippen LogP contribution in [0.2, 0.25) is 0 Å². The molecule has 0 aromatic heterocycles. The maximum Gasteiger partial charge on any atom is 0.0310 e. The van der Waals surface area contributed by atoms with Crippen LogP contribution >= 0.6 is 0 Å². The zero-order valence-electron chi connectivity index (χ0n) is 9.84. The van der Waals surface area contributed by atoms with Gasteiger partial charge in [0.25, 0.3) is 0 Å². The Labute approximate surface area is 88.3 Å². The van der Waals surface area contributed by atoms with Gasteiger partial charge in [-0.15, -0.1) is 0 Å². The quantitative estimate of drug-likeness (QED) is 0.695. The lowest BCUT2D eigenvalue weighted by Crippen LogP contribution is -2.52. The first kappa shape index (κ1) is 11.7. The van der Waals surface area contributed by atoms with Crippen molar-refractivity contribution in [3.05, 3.63) is 12.2 Å². The van der Waals surface area contributed by atoms with Crippen molar-refractivity contribution in [3.63, 3.8) is 0 Å². The van der Waals surface area contributed by atoms with Crippen molar-refractivity contribution in [2.45, 2.75) is 58.5 Å². The van der Waals surface area contributed by atoms with Gasteiger partial charge in [0.15, 0.2) is 0 Å². The molecule has 0 aliphatic carbocycles. The van der Waals surface area contributed by atoms with E-state index >= 15 is 0 Å². The van der Waals surface area contributed by atoms with Crippen LogP contribution < -0.4 is 5.43 Å². The van der Waals surface area contributed by atoms with Crippen molar-refractivity contribution in [3.8, 4) is 0 Å². The molecule has 2 unspecified atom stereocenters. The predicted molar refractivity (Wildman–Crippen MR) is 62.0 cm³/mol. The Kier molecular flexibility index (Phi) is 4.63. The van der Waals surface area contributed by atoms with E-state index in [1.165, 1.54) is 24.8 Å². The van der Waals surface area contributed by atoms with Gasteiger partial charge < -0.3 is 0 Å². The minimum absolute atomic E-state index is 0.670. The minimum atomic E-state index is 0.670. The SMILES string of the molecule is C=C(CC)CNN1C(C)CCCC1C. The summed E-state index contributed by atoms with van der Waals surface area (Å²) in [6.45, 7) is 11.7. The Morgan fingerprint density at radius 3 is 2.43 bits per heavy atom. The second-order valence-electron chi connectivity index (χ2n) is 4.47. The largest absolute Gasteiger partial charge is 0.251 e. The molecule has 2 atom stereocenters. The molecule has 0 aromatic rings. The molecule has 1 aliphatic heterocycles. The van der Waals surface area contributed by atoms with Crippen molar-refractivity contribution in [2.75, 3.05) is 6.54 Å². The van der Waals surface area contributed by atoms with E-state index in [-0.39, 0.29) is 0 Å². The van der Waals surface area contributed by atoms with Crippen molar-refractivity contribution in [2.24, 2.45) is 0 Å². The molecule has 0 bridgehead atoms. The molecule has 1 fully saturated rings. The molecule has 82 valence electrons. The van der Waals surface area contributed by atoms with E-state index < -0.39 is 0 Å². The van der Waals surface area contributed by atoms with Crippen LogP contribution in [0.5, 0.6) is 0 Å². The first-order valence-electron chi connectivity index (χ1n) is 5.83. The lowest BCUT2D eigenvalue weighted by molar-refractivity contribution is 0.0501. The van der Waals surface area contributed by atoms with E-state index in [0.29, 0.717) is 12.1 Å². The molecule has 14 heavy (non-hydrogen) atoms. The highest BCUT2D eigenvalue weighted by Gasteiger charge is 2.23. The maximum atomic E-state index is 4.02. The molecule has 1 N–H and O–H groups in total. The molecule has 0 spiro atoms. The molecule has 1 rings (SSSR count).